The molecule has 1 aliphatic heterocycles. The molecule has 0 aliphatic carbocycles. The Labute approximate surface area is 104 Å². The van der Waals surface area contributed by atoms with E-state index in [0.29, 0.717) is 0 Å². The molecule has 1 heterocycles. The normalized spacial score (nSPS) is 24.9. The molecule has 1 aliphatic rings. The number of anilines is 1. The number of piperazine rings is 1. The fourth-order valence-electron chi connectivity index (χ4n) is 2.68. The van der Waals surface area contributed by atoms with Crippen LogP contribution in [0.5, 0.6) is 0 Å². The van der Waals surface area contributed by atoms with Crippen LogP contribution in [-0.4, -0.2) is 48.3 Å². The van der Waals surface area contributed by atoms with Crippen molar-refractivity contribution >= 4 is 5.69 Å². The van der Waals surface area contributed by atoms with Gasteiger partial charge in [0, 0.05) is 24.3 Å². The van der Waals surface area contributed by atoms with Crippen molar-refractivity contribution in [3.8, 4) is 0 Å². The first-order valence-electron chi connectivity index (χ1n) is 6.18. The summed E-state index contributed by atoms with van der Waals surface area (Å²) in [6.07, 6.45) is 0. The minimum atomic E-state index is 0.0990. The van der Waals surface area contributed by atoms with E-state index in [1.54, 1.807) is 0 Å². The van der Waals surface area contributed by atoms with E-state index in [-0.39, 0.29) is 18.2 Å². The Bertz CT molecular complexity index is 364. The Morgan fingerprint density at radius 2 is 1.94 bits per heavy atom. The lowest BCUT2D eigenvalue weighted by Crippen LogP contribution is -2.63. The van der Waals surface area contributed by atoms with Crippen molar-refractivity contribution in [2.24, 2.45) is 0 Å². The van der Waals surface area contributed by atoms with Gasteiger partial charge in [0.25, 0.3) is 0 Å². The highest BCUT2D eigenvalue weighted by Crippen LogP contribution is 2.29. The summed E-state index contributed by atoms with van der Waals surface area (Å²) < 4.78 is 0. The third-order valence-electron chi connectivity index (χ3n) is 3.66. The molecule has 1 fully saturated rings. The summed E-state index contributed by atoms with van der Waals surface area (Å²) in [6.45, 7) is 6.57. The zero-order valence-electron chi connectivity index (χ0n) is 10.9. The van der Waals surface area contributed by atoms with E-state index in [4.69, 9.17) is 0 Å². The van der Waals surface area contributed by atoms with Crippen molar-refractivity contribution in [3.05, 3.63) is 30.3 Å². The maximum absolute atomic E-state index is 9.43. The minimum Gasteiger partial charge on any atom is -0.395 e. The first kappa shape index (κ1) is 12.4. The molecule has 1 atom stereocenters. The molecule has 0 bridgehead atoms. The number of para-hydroxylation sites is 1. The molecule has 17 heavy (non-hydrogen) atoms. The quantitative estimate of drug-likeness (QED) is 0.841. The van der Waals surface area contributed by atoms with E-state index in [1.165, 1.54) is 5.69 Å². The summed E-state index contributed by atoms with van der Waals surface area (Å²) in [5, 5.41) is 9.43. The van der Waals surface area contributed by atoms with Crippen LogP contribution in [0.2, 0.25) is 0 Å². The number of aliphatic hydroxyl groups is 1. The first-order chi connectivity index (χ1) is 8.04. The monoisotopic (exact) mass is 234 g/mol. The molecule has 0 spiro atoms. The molecule has 1 aromatic rings. The number of hydrogen-bond acceptors (Lipinski definition) is 3. The van der Waals surface area contributed by atoms with Crippen LogP contribution in [0, 0.1) is 0 Å². The molecular weight excluding hydrogens is 212 g/mol. The number of hydrogen-bond donors (Lipinski definition) is 1. The SMILES string of the molecule is CN1CC(C)(C)N(c2ccccc2)CC1CO. The second kappa shape index (κ2) is 4.67. The number of likely N-dealkylation sites (N-methyl/N-ethyl adjacent to an activating group) is 1. The lowest BCUT2D eigenvalue weighted by atomic mass is 9.95. The zero-order valence-corrected chi connectivity index (χ0v) is 10.9. The highest BCUT2D eigenvalue weighted by molar-refractivity contribution is 5.49. The number of aliphatic hydroxyl groups excluding tert-OH is 1. The third-order valence-corrected chi connectivity index (χ3v) is 3.66. The summed E-state index contributed by atoms with van der Waals surface area (Å²) in [7, 11) is 2.09. The van der Waals surface area contributed by atoms with Gasteiger partial charge in [-0.05, 0) is 33.0 Å². The number of rotatable bonds is 2. The lowest BCUT2D eigenvalue weighted by Gasteiger charge is -2.51. The first-order valence-corrected chi connectivity index (χ1v) is 6.18. The van der Waals surface area contributed by atoms with Crippen LogP contribution in [0.3, 0.4) is 0 Å². The molecule has 0 aromatic heterocycles. The molecule has 0 saturated carbocycles. The van der Waals surface area contributed by atoms with Crippen molar-refractivity contribution in [1.82, 2.24) is 4.90 Å². The fraction of sp³-hybridized carbons (Fsp3) is 0.571. The summed E-state index contributed by atoms with van der Waals surface area (Å²) >= 11 is 0. The Kier molecular flexibility index (Phi) is 3.40. The molecule has 1 N–H and O–H groups in total. The Hall–Kier alpha value is -1.06. The van der Waals surface area contributed by atoms with Crippen molar-refractivity contribution in [1.29, 1.82) is 0 Å². The van der Waals surface area contributed by atoms with Gasteiger partial charge in [-0.3, -0.25) is 4.90 Å². The molecular formula is C14H22N2O. The second-order valence-corrected chi connectivity index (χ2v) is 5.51. The van der Waals surface area contributed by atoms with E-state index in [2.05, 4.69) is 55.0 Å². The number of nitrogens with zero attached hydrogens (tertiary/aromatic N) is 2. The molecule has 1 aromatic carbocycles. The van der Waals surface area contributed by atoms with Gasteiger partial charge in [-0.2, -0.15) is 0 Å². The highest BCUT2D eigenvalue weighted by Gasteiger charge is 2.36. The second-order valence-electron chi connectivity index (χ2n) is 5.51. The van der Waals surface area contributed by atoms with Crippen LogP contribution in [0.25, 0.3) is 0 Å². The van der Waals surface area contributed by atoms with E-state index in [9.17, 15) is 5.11 Å². The fourth-order valence-corrected chi connectivity index (χ4v) is 2.68. The standard InChI is InChI=1S/C14H22N2O/c1-14(2)11-15(3)13(10-17)9-16(14)12-7-5-4-6-8-12/h4-8,13,17H,9-11H2,1-3H3. The third kappa shape index (κ3) is 2.45. The summed E-state index contributed by atoms with van der Waals surface area (Å²) in [5.74, 6) is 0. The molecule has 0 radical (unpaired) electrons. The maximum atomic E-state index is 9.43. The van der Waals surface area contributed by atoms with Crippen LogP contribution < -0.4 is 4.90 Å². The Balaban J connectivity index is 2.26. The van der Waals surface area contributed by atoms with Crippen LogP contribution in [0.15, 0.2) is 30.3 Å². The van der Waals surface area contributed by atoms with Gasteiger partial charge in [0.05, 0.1) is 12.6 Å². The van der Waals surface area contributed by atoms with E-state index >= 15 is 0 Å². The molecule has 1 saturated heterocycles. The molecule has 1 unspecified atom stereocenters. The molecule has 2 rings (SSSR count). The van der Waals surface area contributed by atoms with E-state index < -0.39 is 0 Å². The molecule has 94 valence electrons. The van der Waals surface area contributed by atoms with E-state index in [0.717, 1.165) is 13.1 Å². The van der Waals surface area contributed by atoms with Gasteiger partial charge in [0.2, 0.25) is 0 Å². The van der Waals surface area contributed by atoms with Gasteiger partial charge in [-0.25, -0.2) is 0 Å². The van der Waals surface area contributed by atoms with Crippen molar-refractivity contribution in [2.45, 2.75) is 25.4 Å². The van der Waals surface area contributed by atoms with Gasteiger partial charge >= 0.3 is 0 Å². The van der Waals surface area contributed by atoms with Gasteiger partial charge in [0.15, 0.2) is 0 Å². The van der Waals surface area contributed by atoms with Crippen molar-refractivity contribution < 1.29 is 5.11 Å². The Morgan fingerprint density at radius 1 is 1.29 bits per heavy atom. The number of benzene rings is 1. The molecule has 0 amide bonds. The van der Waals surface area contributed by atoms with Crippen molar-refractivity contribution in [2.75, 3.05) is 31.6 Å². The van der Waals surface area contributed by atoms with Crippen LogP contribution in [0.1, 0.15) is 13.8 Å². The highest BCUT2D eigenvalue weighted by atomic mass is 16.3. The Morgan fingerprint density at radius 3 is 2.53 bits per heavy atom. The van der Waals surface area contributed by atoms with Gasteiger partial charge < -0.3 is 10.0 Å². The average Bonchev–Trinajstić information content (AvgIpc) is 2.29. The largest absolute Gasteiger partial charge is 0.395 e. The van der Waals surface area contributed by atoms with Gasteiger partial charge in [-0.15, -0.1) is 0 Å². The van der Waals surface area contributed by atoms with Gasteiger partial charge in [-0.1, -0.05) is 18.2 Å². The predicted octanol–water partition coefficient (Wildman–Crippen LogP) is 1.58. The summed E-state index contributed by atoms with van der Waals surface area (Å²) in [6, 6.07) is 10.7. The lowest BCUT2D eigenvalue weighted by molar-refractivity contribution is 0.0980. The molecule has 3 heteroatoms. The van der Waals surface area contributed by atoms with Crippen LogP contribution in [-0.2, 0) is 0 Å². The van der Waals surface area contributed by atoms with E-state index in [1.807, 2.05) is 6.07 Å². The predicted molar refractivity (Wildman–Crippen MR) is 71.4 cm³/mol. The maximum Gasteiger partial charge on any atom is 0.0604 e. The van der Waals surface area contributed by atoms with Crippen LogP contribution >= 0.6 is 0 Å². The summed E-state index contributed by atoms with van der Waals surface area (Å²) in [5.41, 5.74) is 1.34. The molecule has 3 nitrogen and oxygen atoms in total. The smallest absolute Gasteiger partial charge is 0.0604 e. The zero-order chi connectivity index (χ0) is 12.5. The van der Waals surface area contributed by atoms with Gasteiger partial charge in [0.1, 0.15) is 0 Å². The van der Waals surface area contributed by atoms with Crippen LogP contribution in [0.4, 0.5) is 5.69 Å². The topological polar surface area (TPSA) is 26.7 Å². The average molecular weight is 234 g/mol. The van der Waals surface area contributed by atoms with Crippen molar-refractivity contribution in [3.63, 3.8) is 0 Å². The minimum absolute atomic E-state index is 0.0990. The summed E-state index contributed by atoms with van der Waals surface area (Å²) in [4.78, 5) is 4.65.